The Morgan fingerprint density at radius 1 is 0.625 bits per heavy atom. The van der Waals surface area contributed by atoms with Gasteiger partial charge in [-0.1, -0.05) is 6.07 Å². The fourth-order valence-corrected chi connectivity index (χ4v) is 5.34. The first-order valence-corrected chi connectivity index (χ1v) is 9.25. The van der Waals surface area contributed by atoms with E-state index in [0.717, 1.165) is 11.1 Å². The molecule has 0 saturated heterocycles. The van der Waals surface area contributed by atoms with Crippen molar-refractivity contribution in [2.75, 3.05) is 0 Å². The van der Waals surface area contributed by atoms with E-state index in [1.54, 1.807) is 47.6 Å². The normalized spacial score (nSPS) is 11.8. The average molecular weight is 348 g/mol. The summed E-state index contributed by atoms with van der Waals surface area (Å²) in [4.78, 5) is -0.00999. The Morgan fingerprint density at radius 3 is 1.71 bits per heavy atom. The zero-order valence-electron chi connectivity index (χ0n) is 15.2. The molecule has 2 rings (SSSR count). The number of benzene rings is 2. The largest absolute Gasteiger partial charge is 0.507 e. The van der Waals surface area contributed by atoms with Gasteiger partial charge in [0.05, 0.1) is 4.90 Å². The summed E-state index contributed by atoms with van der Waals surface area (Å²) in [5.74, 6) is -0.235. The molecular formula is C19H24O4S. The zero-order valence-corrected chi connectivity index (χ0v) is 16.0. The number of sulfone groups is 1. The lowest BCUT2D eigenvalue weighted by Crippen LogP contribution is -2.11. The minimum Gasteiger partial charge on any atom is -0.507 e. The van der Waals surface area contributed by atoms with Gasteiger partial charge in [-0.2, -0.15) is 0 Å². The summed E-state index contributed by atoms with van der Waals surface area (Å²) in [5, 5.41) is 20.8. The van der Waals surface area contributed by atoms with Gasteiger partial charge in [0, 0.05) is 5.56 Å². The molecule has 0 radical (unpaired) electrons. The molecular weight excluding hydrogens is 324 g/mol. The maximum Gasteiger partial charge on any atom is 0.211 e. The van der Waals surface area contributed by atoms with Crippen LogP contribution >= 0.6 is 0 Å². The van der Waals surface area contributed by atoms with Crippen LogP contribution in [0.1, 0.15) is 38.9 Å². The van der Waals surface area contributed by atoms with Gasteiger partial charge in [-0.15, -0.1) is 0 Å². The molecule has 0 saturated carbocycles. The van der Waals surface area contributed by atoms with E-state index in [1.165, 1.54) is 0 Å². The van der Waals surface area contributed by atoms with Gasteiger partial charge in [0.1, 0.15) is 16.4 Å². The van der Waals surface area contributed by atoms with Crippen molar-refractivity contribution >= 4 is 9.84 Å². The predicted molar refractivity (Wildman–Crippen MR) is 94.8 cm³/mol. The number of aromatic hydroxyl groups is 2. The van der Waals surface area contributed by atoms with Gasteiger partial charge in [0.15, 0.2) is 0 Å². The van der Waals surface area contributed by atoms with Crippen molar-refractivity contribution in [2.24, 2.45) is 0 Å². The zero-order chi connectivity index (χ0) is 18.6. The molecule has 2 N–H and O–H groups in total. The highest BCUT2D eigenvalue weighted by molar-refractivity contribution is 7.91. The Morgan fingerprint density at radius 2 is 1.17 bits per heavy atom. The van der Waals surface area contributed by atoms with Crippen LogP contribution in [-0.2, 0) is 9.84 Å². The molecule has 24 heavy (non-hydrogen) atoms. The quantitative estimate of drug-likeness (QED) is 0.857. The summed E-state index contributed by atoms with van der Waals surface area (Å²) >= 11 is 0. The molecule has 5 heteroatoms. The highest BCUT2D eigenvalue weighted by Crippen LogP contribution is 2.41. The lowest BCUT2D eigenvalue weighted by Gasteiger charge is -2.20. The van der Waals surface area contributed by atoms with Gasteiger partial charge in [-0.25, -0.2) is 8.42 Å². The van der Waals surface area contributed by atoms with Crippen LogP contribution in [0.3, 0.4) is 0 Å². The number of rotatable bonds is 2. The summed E-state index contributed by atoms with van der Waals surface area (Å²) < 4.78 is 26.7. The Kier molecular flexibility index (Phi) is 4.44. The highest BCUT2D eigenvalue weighted by atomic mass is 32.2. The third kappa shape index (κ3) is 2.47. The Balaban J connectivity index is 2.97. The van der Waals surface area contributed by atoms with Crippen molar-refractivity contribution in [1.29, 1.82) is 0 Å². The fourth-order valence-electron chi connectivity index (χ4n) is 3.19. The Bertz CT molecular complexity index is 925. The molecule has 0 aromatic heterocycles. The summed E-state index contributed by atoms with van der Waals surface area (Å²) in [5.41, 5.74) is 4.19. The van der Waals surface area contributed by atoms with E-state index in [-0.39, 0.29) is 21.3 Å². The van der Waals surface area contributed by atoms with Crippen LogP contribution in [-0.4, -0.2) is 18.6 Å². The molecule has 0 aliphatic rings. The number of phenols is 2. The van der Waals surface area contributed by atoms with Gasteiger partial charge in [0.25, 0.3) is 0 Å². The summed E-state index contributed by atoms with van der Waals surface area (Å²) in [6.45, 7) is 12.1. The molecule has 0 aliphatic carbocycles. The SMILES string of the molecule is Cc1cc(C)c(S(=O)(=O)c2c(C)c(C)c(C)c(O)c2C)c(O)c1C. The summed E-state index contributed by atoms with van der Waals surface area (Å²) in [6.07, 6.45) is 0. The van der Waals surface area contributed by atoms with Gasteiger partial charge in [0.2, 0.25) is 9.84 Å². The predicted octanol–water partition coefficient (Wildman–Crippen LogP) is 4.09. The van der Waals surface area contributed by atoms with Crippen molar-refractivity contribution in [1.82, 2.24) is 0 Å². The standard InChI is InChI=1S/C19H24O4S/c1-9-8-10(2)18(17(21)11(9)3)24(22,23)19-14(6)12(4)13(5)16(20)15(19)7/h8,20-21H,1-7H3. The monoisotopic (exact) mass is 348 g/mol. The van der Waals surface area contributed by atoms with Crippen molar-refractivity contribution in [3.05, 3.63) is 45.0 Å². The van der Waals surface area contributed by atoms with Crippen LogP contribution < -0.4 is 0 Å². The molecule has 0 fully saturated rings. The van der Waals surface area contributed by atoms with Crippen molar-refractivity contribution in [3.63, 3.8) is 0 Å². The number of hydrogen-bond donors (Lipinski definition) is 2. The van der Waals surface area contributed by atoms with E-state index in [9.17, 15) is 18.6 Å². The first-order valence-electron chi connectivity index (χ1n) is 7.77. The molecule has 0 atom stereocenters. The summed E-state index contributed by atoms with van der Waals surface area (Å²) in [7, 11) is -3.97. The smallest absolute Gasteiger partial charge is 0.211 e. The highest BCUT2D eigenvalue weighted by Gasteiger charge is 2.31. The van der Waals surface area contributed by atoms with Gasteiger partial charge in [-0.05, 0) is 81.8 Å². The Hall–Kier alpha value is -2.01. The first-order chi connectivity index (χ1) is 10.9. The molecule has 0 amide bonds. The third-order valence-electron chi connectivity index (χ3n) is 5.01. The summed E-state index contributed by atoms with van der Waals surface area (Å²) in [6, 6.07) is 1.76. The minimum atomic E-state index is -3.97. The van der Waals surface area contributed by atoms with Crippen LogP contribution in [0.5, 0.6) is 11.5 Å². The molecule has 130 valence electrons. The number of hydrogen-bond acceptors (Lipinski definition) is 4. The molecule has 2 aromatic carbocycles. The van der Waals surface area contributed by atoms with Crippen molar-refractivity contribution < 1.29 is 18.6 Å². The maximum absolute atomic E-state index is 13.3. The van der Waals surface area contributed by atoms with Crippen molar-refractivity contribution in [2.45, 2.75) is 58.3 Å². The third-order valence-corrected chi connectivity index (χ3v) is 7.21. The van der Waals surface area contributed by atoms with E-state index in [0.29, 0.717) is 27.8 Å². The van der Waals surface area contributed by atoms with Gasteiger partial charge >= 0.3 is 0 Å². The average Bonchev–Trinajstić information content (AvgIpc) is 2.48. The molecule has 0 heterocycles. The molecule has 2 aromatic rings. The lowest BCUT2D eigenvalue weighted by atomic mass is 9.99. The second-order valence-electron chi connectivity index (χ2n) is 6.49. The number of phenolic OH excluding ortho intramolecular Hbond substituents is 2. The van der Waals surface area contributed by atoms with Gasteiger partial charge in [-0.3, -0.25) is 0 Å². The second-order valence-corrected chi connectivity index (χ2v) is 8.32. The van der Waals surface area contributed by atoms with Crippen LogP contribution in [0.25, 0.3) is 0 Å². The van der Waals surface area contributed by atoms with E-state index in [1.807, 2.05) is 6.92 Å². The molecule has 0 unspecified atom stereocenters. The van der Waals surface area contributed by atoms with E-state index < -0.39 is 9.84 Å². The fraction of sp³-hybridized carbons (Fsp3) is 0.368. The van der Waals surface area contributed by atoms with Gasteiger partial charge < -0.3 is 10.2 Å². The lowest BCUT2D eigenvalue weighted by molar-refractivity contribution is 0.451. The topological polar surface area (TPSA) is 74.6 Å². The maximum atomic E-state index is 13.3. The van der Waals surface area contributed by atoms with Crippen LogP contribution in [0.2, 0.25) is 0 Å². The molecule has 0 aliphatic heterocycles. The first kappa shape index (κ1) is 18.3. The number of aryl methyl sites for hydroxylation is 2. The van der Waals surface area contributed by atoms with E-state index >= 15 is 0 Å². The van der Waals surface area contributed by atoms with E-state index in [2.05, 4.69) is 0 Å². The Labute approximate surface area is 143 Å². The van der Waals surface area contributed by atoms with Crippen LogP contribution in [0.4, 0.5) is 0 Å². The molecule has 0 spiro atoms. The minimum absolute atomic E-state index is 0.0161. The van der Waals surface area contributed by atoms with Crippen molar-refractivity contribution in [3.8, 4) is 11.5 Å². The second kappa shape index (κ2) is 5.81. The molecule has 0 bridgehead atoms. The molecule has 4 nitrogen and oxygen atoms in total. The van der Waals surface area contributed by atoms with Crippen LogP contribution in [0, 0.1) is 48.5 Å². The van der Waals surface area contributed by atoms with E-state index in [4.69, 9.17) is 0 Å². The van der Waals surface area contributed by atoms with Crippen LogP contribution in [0.15, 0.2) is 15.9 Å².